The Kier molecular flexibility index (Phi) is 3.91. The van der Waals surface area contributed by atoms with Crippen LogP contribution in [-0.4, -0.2) is 39.8 Å². The molecule has 1 unspecified atom stereocenters. The van der Waals surface area contributed by atoms with Gasteiger partial charge in [0.15, 0.2) is 0 Å². The summed E-state index contributed by atoms with van der Waals surface area (Å²) in [5.41, 5.74) is 2.26. The predicted molar refractivity (Wildman–Crippen MR) is 94.7 cm³/mol. The molecular formula is C18H21N5O2. The number of carbonyl (C=O) groups is 1. The van der Waals surface area contributed by atoms with E-state index in [1.807, 2.05) is 32.2 Å². The molecule has 1 atom stereocenters. The molecule has 1 aliphatic heterocycles. The molecule has 3 aromatic rings. The summed E-state index contributed by atoms with van der Waals surface area (Å²) in [5.74, 6) is 0.795. The zero-order valence-corrected chi connectivity index (χ0v) is 14.4. The van der Waals surface area contributed by atoms with Gasteiger partial charge in [0.25, 0.3) is 5.91 Å². The van der Waals surface area contributed by atoms with Crippen molar-refractivity contribution >= 4 is 22.7 Å². The lowest BCUT2D eigenvalue weighted by molar-refractivity contribution is 0.0927. The maximum absolute atomic E-state index is 12.5. The molecule has 0 spiro atoms. The van der Waals surface area contributed by atoms with Crippen LogP contribution < -0.4 is 10.2 Å². The highest BCUT2D eigenvalue weighted by Crippen LogP contribution is 2.27. The van der Waals surface area contributed by atoms with E-state index in [0.29, 0.717) is 5.69 Å². The third kappa shape index (κ3) is 2.97. The second-order valence-electron chi connectivity index (χ2n) is 6.52. The number of aryl methyl sites for hydroxylation is 2. The molecule has 1 aliphatic rings. The molecule has 1 amide bonds. The van der Waals surface area contributed by atoms with Crippen molar-refractivity contribution in [3.05, 3.63) is 42.0 Å². The smallest absolute Gasteiger partial charge is 0.272 e. The first-order chi connectivity index (χ1) is 12.1. The van der Waals surface area contributed by atoms with Crippen LogP contribution in [0.4, 0.5) is 5.82 Å². The van der Waals surface area contributed by atoms with Gasteiger partial charge in [0.05, 0.1) is 11.6 Å². The Balaban J connectivity index is 1.49. The van der Waals surface area contributed by atoms with Crippen molar-refractivity contribution in [3.63, 3.8) is 0 Å². The minimum atomic E-state index is -0.120. The highest BCUT2D eigenvalue weighted by Gasteiger charge is 2.25. The highest BCUT2D eigenvalue weighted by molar-refractivity contribution is 5.92. The number of amides is 1. The van der Waals surface area contributed by atoms with Crippen LogP contribution in [0.3, 0.4) is 0 Å². The lowest BCUT2D eigenvalue weighted by Crippen LogP contribution is -2.48. The van der Waals surface area contributed by atoms with Gasteiger partial charge in [-0.05, 0) is 38.0 Å². The molecule has 0 bridgehead atoms. The molecule has 0 saturated carbocycles. The Labute approximate surface area is 145 Å². The Bertz CT molecular complexity index is 894. The first kappa shape index (κ1) is 15.7. The van der Waals surface area contributed by atoms with Gasteiger partial charge in [0, 0.05) is 38.1 Å². The second-order valence-corrected chi connectivity index (χ2v) is 6.52. The molecule has 0 aliphatic carbocycles. The van der Waals surface area contributed by atoms with Crippen molar-refractivity contribution in [3.8, 4) is 0 Å². The van der Waals surface area contributed by atoms with Crippen molar-refractivity contribution in [2.45, 2.75) is 25.8 Å². The van der Waals surface area contributed by atoms with Gasteiger partial charge in [-0.15, -0.1) is 0 Å². The van der Waals surface area contributed by atoms with Crippen molar-refractivity contribution < 1.29 is 9.21 Å². The van der Waals surface area contributed by atoms with Crippen LogP contribution in [0.15, 0.2) is 35.1 Å². The van der Waals surface area contributed by atoms with Gasteiger partial charge in [-0.1, -0.05) is 0 Å². The summed E-state index contributed by atoms with van der Waals surface area (Å²) in [4.78, 5) is 19.2. The number of anilines is 1. The van der Waals surface area contributed by atoms with Crippen LogP contribution >= 0.6 is 0 Å². The molecule has 130 valence electrons. The largest absolute Gasteiger partial charge is 0.464 e. The van der Waals surface area contributed by atoms with Gasteiger partial charge in [-0.3, -0.25) is 9.48 Å². The first-order valence-electron chi connectivity index (χ1n) is 8.50. The molecular weight excluding hydrogens is 318 g/mol. The van der Waals surface area contributed by atoms with E-state index in [2.05, 4.69) is 20.3 Å². The molecule has 3 aromatic heterocycles. The summed E-state index contributed by atoms with van der Waals surface area (Å²) in [5, 5.41) is 8.37. The average molecular weight is 339 g/mol. The van der Waals surface area contributed by atoms with Crippen LogP contribution in [-0.2, 0) is 7.05 Å². The van der Waals surface area contributed by atoms with E-state index in [1.54, 1.807) is 17.1 Å². The van der Waals surface area contributed by atoms with Crippen molar-refractivity contribution in [2.75, 3.05) is 18.0 Å². The van der Waals surface area contributed by atoms with E-state index >= 15 is 0 Å². The molecule has 1 fully saturated rings. The second kappa shape index (κ2) is 6.23. The van der Waals surface area contributed by atoms with E-state index in [-0.39, 0.29) is 11.9 Å². The monoisotopic (exact) mass is 339 g/mol. The Morgan fingerprint density at radius 1 is 1.40 bits per heavy atom. The molecule has 7 heteroatoms. The molecule has 0 radical (unpaired) electrons. The van der Waals surface area contributed by atoms with Crippen LogP contribution in [0.1, 0.15) is 29.0 Å². The lowest BCUT2D eigenvalue weighted by atomic mass is 10.0. The van der Waals surface area contributed by atoms with Gasteiger partial charge >= 0.3 is 0 Å². The summed E-state index contributed by atoms with van der Waals surface area (Å²) in [6, 6.07) is 5.69. The SMILES string of the molecule is Cc1cc(C(=O)NC2CCCN(c3nccc4occc34)C2)nn1C. The number of nitrogens with one attached hydrogen (secondary N) is 1. The van der Waals surface area contributed by atoms with Crippen LogP contribution in [0.2, 0.25) is 0 Å². The number of hydrogen-bond acceptors (Lipinski definition) is 5. The third-order valence-electron chi connectivity index (χ3n) is 4.76. The zero-order chi connectivity index (χ0) is 17.4. The van der Waals surface area contributed by atoms with E-state index in [1.165, 1.54) is 0 Å². The Morgan fingerprint density at radius 2 is 2.28 bits per heavy atom. The number of aromatic nitrogens is 3. The predicted octanol–water partition coefficient (Wildman–Crippen LogP) is 2.27. The van der Waals surface area contributed by atoms with Crippen molar-refractivity contribution in [1.29, 1.82) is 0 Å². The number of furan rings is 1. The number of carbonyl (C=O) groups excluding carboxylic acids is 1. The fraction of sp³-hybridized carbons (Fsp3) is 0.389. The minimum absolute atomic E-state index is 0.0764. The molecule has 4 heterocycles. The first-order valence-corrected chi connectivity index (χ1v) is 8.50. The molecule has 0 aromatic carbocycles. The van der Waals surface area contributed by atoms with Crippen LogP contribution in [0, 0.1) is 6.92 Å². The number of rotatable bonds is 3. The fourth-order valence-corrected chi connectivity index (χ4v) is 3.35. The number of fused-ring (bicyclic) bond motifs is 1. The summed E-state index contributed by atoms with van der Waals surface area (Å²) < 4.78 is 7.18. The fourth-order valence-electron chi connectivity index (χ4n) is 3.35. The molecule has 7 nitrogen and oxygen atoms in total. The topological polar surface area (TPSA) is 76.2 Å². The lowest BCUT2D eigenvalue weighted by Gasteiger charge is -2.34. The molecule has 4 rings (SSSR count). The number of piperidine rings is 1. The maximum atomic E-state index is 12.5. The Hall–Kier alpha value is -2.83. The molecule has 25 heavy (non-hydrogen) atoms. The van der Waals surface area contributed by atoms with Gasteiger partial charge in [0.2, 0.25) is 0 Å². The van der Waals surface area contributed by atoms with E-state index in [4.69, 9.17) is 4.42 Å². The van der Waals surface area contributed by atoms with Gasteiger partial charge < -0.3 is 14.6 Å². The molecule has 1 N–H and O–H groups in total. The van der Waals surface area contributed by atoms with E-state index in [9.17, 15) is 4.79 Å². The van der Waals surface area contributed by atoms with Crippen molar-refractivity contribution in [1.82, 2.24) is 20.1 Å². The minimum Gasteiger partial charge on any atom is -0.464 e. The summed E-state index contributed by atoms with van der Waals surface area (Å²) in [6.07, 6.45) is 5.40. The number of pyridine rings is 1. The van der Waals surface area contributed by atoms with E-state index < -0.39 is 0 Å². The van der Waals surface area contributed by atoms with Crippen molar-refractivity contribution in [2.24, 2.45) is 7.05 Å². The summed E-state index contributed by atoms with van der Waals surface area (Å²) in [6.45, 7) is 3.59. The maximum Gasteiger partial charge on any atom is 0.272 e. The highest BCUT2D eigenvalue weighted by atomic mass is 16.3. The number of nitrogens with zero attached hydrogens (tertiary/aromatic N) is 4. The standard InChI is InChI=1S/C18H21N5O2/c1-12-10-15(21-22(12)2)18(24)20-13-4-3-8-23(11-13)17-14-6-9-25-16(14)5-7-19-17/h5-7,9-10,13H,3-4,8,11H2,1-2H3,(H,20,24). The summed E-state index contributed by atoms with van der Waals surface area (Å²) >= 11 is 0. The number of hydrogen-bond donors (Lipinski definition) is 1. The third-order valence-corrected chi connectivity index (χ3v) is 4.76. The quantitative estimate of drug-likeness (QED) is 0.792. The zero-order valence-electron chi connectivity index (χ0n) is 14.4. The van der Waals surface area contributed by atoms with Crippen LogP contribution in [0.25, 0.3) is 11.0 Å². The van der Waals surface area contributed by atoms with E-state index in [0.717, 1.165) is 48.4 Å². The average Bonchev–Trinajstić information content (AvgIpc) is 3.22. The normalized spacial score (nSPS) is 17.8. The Morgan fingerprint density at radius 3 is 3.08 bits per heavy atom. The van der Waals surface area contributed by atoms with Gasteiger partial charge in [-0.2, -0.15) is 5.10 Å². The molecule has 1 saturated heterocycles. The van der Waals surface area contributed by atoms with Gasteiger partial charge in [0.1, 0.15) is 17.1 Å². The summed E-state index contributed by atoms with van der Waals surface area (Å²) in [7, 11) is 1.84. The van der Waals surface area contributed by atoms with Crippen LogP contribution in [0.5, 0.6) is 0 Å². The van der Waals surface area contributed by atoms with Gasteiger partial charge in [-0.25, -0.2) is 4.98 Å².